The number of carbonyl (C=O) groups is 3. The molecule has 28 heavy (non-hydrogen) atoms. The molecule has 0 saturated heterocycles. The van der Waals surface area contributed by atoms with Gasteiger partial charge in [0.25, 0.3) is 0 Å². The summed E-state index contributed by atoms with van der Waals surface area (Å²) in [5.74, 6) is -1.19. The minimum Gasteiger partial charge on any atom is -0.465 e. The minimum absolute atomic E-state index is 0.173. The molecule has 0 radical (unpaired) electrons. The van der Waals surface area contributed by atoms with Gasteiger partial charge in [-0.25, -0.2) is 0 Å². The third kappa shape index (κ3) is 6.42. The van der Waals surface area contributed by atoms with Crippen molar-refractivity contribution in [2.75, 3.05) is 0 Å². The number of nitrogens with two attached hydrogens (primary N) is 1. The lowest BCUT2D eigenvalue weighted by molar-refractivity contribution is -0.131. The lowest BCUT2D eigenvalue weighted by atomic mass is 10.0. The van der Waals surface area contributed by atoms with Gasteiger partial charge >= 0.3 is 0 Å². The number of primary amides is 1. The highest BCUT2D eigenvalue weighted by atomic mass is 16.3. The molecule has 0 unspecified atom stereocenters. The van der Waals surface area contributed by atoms with Crippen molar-refractivity contribution < 1.29 is 18.8 Å². The number of carbonyl (C=O) groups excluding carboxylic acids is 3. The second-order valence-electron chi connectivity index (χ2n) is 6.73. The maximum absolute atomic E-state index is 12.8. The van der Waals surface area contributed by atoms with Gasteiger partial charge in [0.2, 0.25) is 17.7 Å². The molecular weight excluding hydrogens is 358 g/mol. The van der Waals surface area contributed by atoms with Crippen LogP contribution in [0.4, 0.5) is 0 Å². The Hall–Kier alpha value is -3.35. The van der Waals surface area contributed by atoms with E-state index >= 15 is 0 Å². The van der Waals surface area contributed by atoms with Crippen molar-refractivity contribution in [2.24, 2.45) is 11.7 Å². The van der Waals surface area contributed by atoms with Gasteiger partial charge < -0.3 is 20.8 Å². The van der Waals surface area contributed by atoms with E-state index in [1.54, 1.807) is 26.0 Å². The summed E-state index contributed by atoms with van der Waals surface area (Å²) in [4.78, 5) is 36.7. The van der Waals surface area contributed by atoms with Gasteiger partial charge in [-0.15, -0.1) is 0 Å². The molecule has 7 heteroatoms. The summed E-state index contributed by atoms with van der Waals surface area (Å²) in [7, 11) is 0. The van der Waals surface area contributed by atoms with Crippen molar-refractivity contribution in [3.63, 3.8) is 0 Å². The van der Waals surface area contributed by atoms with Gasteiger partial charge in [0.1, 0.15) is 17.8 Å². The van der Waals surface area contributed by atoms with Gasteiger partial charge in [0.15, 0.2) is 0 Å². The molecule has 0 aliphatic rings. The number of furan rings is 1. The highest BCUT2D eigenvalue weighted by Gasteiger charge is 2.27. The van der Waals surface area contributed by atoms with Crippen LogP contribution < -0.4 is 16.4 Å². The number of rotatable bonds is 9. The van der Waals surface area contributed by atoms with Crippen molar-refractivity contribution in [3.05, 3.63) is 66.1 Å². The summed E-state index contributed by atoms with van der Waals surface area (Å²) in [5.41, 5.74) is 6.25. The highest BCUT2D eigenvalue weighted by molar-refractivity contribution is 5.96. The normalized spacial score (nSPS) is 13.2. The summed E-state index contributed by atoms with van der Waals surface area (Å²) >= 11 is 0. The van der Waals surface area contributed by atoms with E-state index < -0.39 is 29.8 Å². The molecule has 0 aliphatic carbocycles. The van der Waals surface area contributed by atoms with Crippen LogP contribution in [0.3, 0.4) is 0 Å². The quantitative estimate of drug-likeness (QED) is 0.571. The highest BCUT2D eigenvalue weighted by Crippen LogP contribution is 2.07. The Balaban J connectivity index is 2.12. The molecule has 1 aromatic carbocycles. The fourth-order valence-corrected chi connectivity index (χ4v) is 2.64. The van der Waals surface area contributed by atoms with E-state index in [0.29, 0.717) is 5.76 Å². The monoisotopic (exact) mass is 383 g/mol. The van der Waals surface area contributed by atoms with Gasteiger partial charge in [0, 0.05) is 12.5 Å². The first kappa shape index (κ1) is 21.0. The van der Waals surface area contributed by atoms with Crippen molar-refractivity contribution >= 4 is 23.8 Å². The van der Waals surface area contributed by atoms with Crippen LogP contribution in [-0.4, -0.2) is 29.8 Å². The molecular formula is C21H25N3O4. The second kappa shape index (κ2) is 10.1. The number of hydrogen-bond donors (Lipinski definition) is 3. The molecule has 0 spiro atoms. The molecule has 1 aromatic heterocycles. The molecule has 2 rings (SSSR count). The van der Waals surface area contributed by atoms with Crippen molar-refractivity contribution in [1.82, 2.24) is 10.6 Å². The molecule has 148 valence electrons. The molecule has 0 saturated carbocycles. The zero-order valence-corrected chi connectivity index (χ0v) is 15.9. The first-order valence-corrected chi connectivity index (χ1v) is 9.02. The Morgan fingerprint density at radius 3 is 2.36 bits per heavy atom. The van der Waals surface area contributed by atoms with E-state index in [1.165, 1.54) is 18.4 Å². The van der Waals surface area contributed by atoms with E-state index in [1.807, 2.05) is 30.3 Å². The van der Waals surface area contributed by atoms with Gasteiger partial charge in [-0.2, -0.15) is 0 Å². The zero-order chi connectivity index (χ0) is 20.5. The van der Waals surface area contributed by atoms with Crippen LogP contribution in [0.15, 0.2) is 59.2 Å². The molecule has 0 bridgehead atoms. The average Bonchev–Trinajstić information content (AvgIpc) is 3.17. The van der Waals surface area contributed by atoms with E-state index in [0.717, 1.165) is 5.56 Å². The largest absolute Gasteiger partial charge is 0.465 e. The van der Waals surface area contributed by atoms with E-state index in [-0.39, 0.29) is 12.3 Å². The minimum atomic E-state index is -0.864. The lowest BCUT2D eigenvalue weighted by Crippen LogP contribution is -2.55. The first-order chi connectivity index (χ1) is 13.4. The standard InChI is InChI=1S/C21H25N3O4/c1-14(2)19(20(22)26)24-21(27)17(13-15-7-4-3-5-8-15)23-18(25)11-10-16-9-6-12-28-16/h3-12,14,17,19H,13H2,1-2H3,(H2,22,26)(H,23,25)(H,24,27)/b11-10-/t17-,19+/m1/s1. The van der Waals surface area contributed by atoms with Gasteiger partial charge in [0.05, 0.1) is 6.26 Å². The Morgan fingerprint density at radius 1 is 1.07 bits per heavy atom. The van der Waals surface area contributed by atoms with E-state index in [2.05, 4.69) is 10.6 Å². The Labute approximate surface area is 164 Å². The van der Waals surface area contributed by atoms with Crippen LogP contribution in [-0.2, 0) is 20.8 Å². The number of amides is 3. The van der Waals surface area contributed by atoms with Crippen LogP contribution in [0.25, 0.3) is 6.08 Å². The molecule has 3 amide bonds. The molecule has 0 aliphatic heterocycles. The van der Waals surface area contributed by atoms with Crippen molar-refractivity contribution in [1.29, 1.82) is 0 Å². The van der Waals surface area contributed by atoms with Crippen molar-refractivity contribution in [2.45, 2.75) is 32.4 Å². The maximum Gasteiger partial charge on any atom is 0.244 e. The topological polar surface area (TPSA) is 114 Å². The van der Waals surface area contributed by atoms with Crippen LogP contribution >= 0.6 is 0 Å². The summed E-state index contributed by atoms with van der Waals surface area (Å²) in [5, 5.41) is 5.32. The SMILES string of the molecule is CC(C)[C@H](NC(=O)[C@@H](Cc1ccccc1)NC(=O)/C=C\c1ccco1)C(N)=O. The summed E-state index contributed by atoms with van der Waals surface area (Å²) in [6.07, 6.45) is 4.57. The van der Waals surface area contributed by atoms with Gasteiger partial charge in [-0.05, 0) is 29.7 Å². The second-order valence-corrected chi connectivity index (χ2v) is 6.73. The average molecular weight is 383 g/mol. The van der Waals surface area contributed by atoms with E-state index in [4.69, 9.17) is 10.2 Å². The maximum atomic E-state index is 12.8. The zero-order valence-electron chi connectivity index (χ0n) is 15.9. The Morgan fingerprint density at radius 2 is 1.79 bits per heavy atom. The van der Waals surface area contributed by atoms with Gasteiger partial charge in [-0.1, -0.05) is 44.2 Å². The Kier molecular flexibility index (Phi) is 7.56. The summed E-state index contributed by atoms with van der Waals surface area (Å²) in [6, 6.07) is 11.0. The number of nitrogens with one attached hydrogen (secondary N) is 2. The van der Waals surface area contributed by atoms with Crippen LogP contribution in [0.1, 0.15) is 25.2 Å². The third-order valence-electron chi connectivity index (χ3n) is 4.13. The molecule has 2 atom stereocenters. The predicted molar refractivity (Wildman–Crippen MR) is 106 cm³/mol. The molecule has 1 heterocycles. The smallest absolute Gasteiger partial charge is 0.244 e. The molecule has 0 fully saturated rings. The molecule has 7 nitrogen and oxygen atoms in total. The Bertz CT molecular complexity index is 813. The van der Waals surface area contributed by atoms with Crippen molar-refractivity contribution in [3.8, 4) is 0 Å². The molecule has 4 N–H and O–H groups in total. The molecule has 2 aromatic rings. The fraction of sp³-hybridized carbons (Fsp3) is 0.286. The van der Waals surface area contributed by atoms with Crippen LogP contribution in [0.2, 0.25) is 0 Å². The van der Waals surface area contributed by atoms with E-state index in [9.17, 15) is 14.4 Å². The fourth-order valence-electron chi connectivity index (χ4n) is 2.64. The van der Waals surface area contributed by atoms with Gasteiger partial charge in [-0.3, -0.25) is 14.4 Å². The summed E-state index contributed by atoms with van der Waals surface area (Å²) < 4.78 is 5.14. The number of benzene rings is 1. The third-order valence-corrected chi connectivity index (χ3v) is 4.13. The number of hydrogen-bond acceptors (Lipinski definition) is 4. The summed E-state index contributed by atoms with van der Waals surface area (Å²) in [6.45, 7) is 3.57. The van der Waals surface area contributed by atoms with Crippen LogP contribution in [0.5, 0.6) is 0 Å². The first-order valence-electron chi connectivity index (χ1n) is 9.02. The van der Waals surface area contributed by atoms with Crippen LogP contribution in [0, 0.1) is 5.92 Å². The lowest BCUT2D eigenvalue weighted by Gasteiger charge is -2.23. The predicted octanol–water partition coefficient (Wildman–Crippen LogP) is 1.65.